The van der Waals surface area contributed by atoms with Gasteiger partial charge in [0.05, 0.1) is 18.6 Å². The number of carbonyl (C=O) groups excluding carboxylic acids is 1. The molecule has 0 radical (unpaired) electrons. The highest BCUT2D eigenvalue weighted by Crippen LogP contribution is 2.39. The van der Waals surface area contributed by atoms with Crippen LogP contribution in [0.25, 0.3) is 0 Å². The molecule has 0 spiro atoms. The van der Waals surface area contributed by atoms with Gasteiger partial charge in [0, 0.05) is 12.5 Å². The van der Waals surface area contributed by atoms with Gasteiger partial charge in [-0.2, -0.15) is 4.98 Å². The third kappa shape index (κ3) is 3.32. The Labute approximate surface area is 132 Å². The van der Waals surface area contributed by atoms with Crippen LogP contribution in [0.15, 0.2) is 4.52 Å². The molecule has 0 saturated carbocycles. The molecule has 0 aliphatic carbocycles. The average Bonchev–Trinajstić information content (AvgIpc) is 3.07. The molecular weight excluding hydrogens is 282 g/mol. The van der Waals surface area contributed by atoms with E-state index >= 15 is 0 Å². The van der Waals surface area contributed by atoms with E-state index in [1.54, 1.807) is 0 Å². The highest BCUT2D eigenvalue weighted by molar-refractivity contribution is 5.78. The van der Waals surface area contributed by atoms with Crippen LogP contribution in [0, 0.1) is 11.3 Å². The monoisotopic (exact) mass is 309 g/mol. The van der Waals surface area contributed by atoms with Crippen molar-refractivity contribution in [3.8, 4) is 0 Å². The summed E-state index contributed by atoms with van der Waals surface area (Å²) in [5.41, 5.74) is -0.420. The summed E-state index contributed by atoms with van der Waals surface area (Å²) >= 11 is 0. The molecule has 1 unspecified atom stereocenters. The fraction of sp³-hybridized carbons (Fsp3) is 0.812. The van der Waals surface area contributed by atoms with Crippen LogP contribution < -0.4 is 0 Å². The second-order valence-electron chi connectivity index (χ2n) is 6.69. The number of carbonyl (C=O) groups is 1. The summed E-state index contributed by atoms with van der Waals surface area (Å²) in [4.78, 5) is 19.0. The maximum Gasteiger partial charge on any atom is 0.313 e. The molecule has 1 atom stereocenters. The fourth-order valence-corrected chi connectivity index (χ4v) is 2.96. The first-order valence-electron chi connectivity index (χ1n) is 8.11. The largest absolute Gasteiger partial charge is 0.466 e. The molecule has 22 heavy (non-hydrogen) atoms. The third-order valence-electron chi connectivity index (χ3n) is 4.53. The molecule has 6 nitrogen and oxygen atoms in total. The molecular formula is C16H27N3O3. The van der Waals surface area contributed by atoms with Crippen LogP contribution >= 0.6 is 0 Å². The lowest BCUT2D eigenvalue weighted by Crippen LogP contribution is -2.40. The second kappa shape index (κ2) is 6.77. The fourth-order valence-electron chi connectivity index (χ4n) is 2.96. The Hall–Kier alpha value is -1.43. The van der Waals surface area contributed by atoms with E-state index in [1.165, 1.54) is 0 Å². The van der Waals surface area contributed by atoms with Crippen molar-refractivity contribution in [3.63, 3.8) is 0 Å². The molecule has 1 aromatic rings. The first-order valence-corrected chi connectivity index (χ1v) is 8.11. The zero-order valence-electron chi connectivity index (χ0n) is 14.3. The minimum absolute atomic E-state index is 0.0825. The van der Waals surface area contributed by atoms with Gasteiger partial charge in [0.15, 0.2) is 5.82 Å². The summed E-state index contributed by atoms with van der Waals surface area (Å²) in [6.07, 6.45) is 0.814. The van der Waals surface area contributed by atoms with Crippen molar-refractivity contribution in [2.75, 3.05) is 19.7 Å². The highest BCUT2D eigenvalue weighted by Gasteiger charge is 2.48. The summed E-state index contributed by atoms with van der Waals surface area (Å²) in [6, 6.07) is 0. The minimum atomic E-state index is -0.420. The van der Waals surface area contributed by atoms with Crippen molar-refractivity contribution < 1.29 is 14.1 Å². The van der Waals surface area contributed by atoms with Gasteiger partial charge in [-0.3, -0.25) is 9.69 Å². The summed E-state index contributed by atoms with van der Waals surface area (Å²) < 4.78 is 10.6. The van der Waals surface area contributed by atoms with E-state index in [0.717, 1.165) is 18.8 Å². The molecule has 1 aliphatic heterocycles. The minimum Gasteiger partial charge on any atom is -0.466 e. The van der Waals surface area contributed by atoms with Gasteiger partial charge in [0.1, 0.15) is 0 Å². The van der Waals surface area contributed by atoms with E-state index in [9.17, 15) is 4.79 Å². The van der Waals surface area contributed by atoms with E-state index < -0.39 is 5.41 Å². The molecule has 6 heteroatoms. The zero-order valence-corrected chi connectivity index (χ0v) is 14.3. The number of nitrogens with zero attached hydrogens (tertiary/aromatic N) is 3. The van der Waals surface area contributed by atoms with Crippen molar-refractivity contribution in [1.29, 1.82) is 0 Å². The van der Waals surface area contributed by atoms with Gasteiger partial charge in [-0.05, 0) is 25.8 Å². The van der Waals surface area contributed by atoms with Crippen LogP contribution in [-0.2, 0) is 16.1 Å². The molecule has 0 amide bonds. The van der Waals surface area contributed by atoms with Gasteiger partial charge >= 0.3 is 5.97 Å². The number of esters is 1. The number of rotatable bonds is 6. The SMILES string of the molecule is CCOC(=O)C1(C(C)C)CCN(Cc2nc(C(C)C)no2)C1. The summed E-state index contributed by atoms with van der Waals surface area (Å²) in [7, 11) is 0. The van der Waals surface area contributed by atoms with E-state index in [-0.39, 0.29) is 17.8 Å². The topological polar surface area (TPSA) is 68.5 Å². The Balaban J connectivity index is 2.04. The molecule has 0 bridgehead atoms. The maximum atomic E-state index is 12.4. The van der Waals surface area contributed by atoms with Crippen molar-refractivity contribution in [3.05, 3.63) is 11.7 Å². The van der Waals surface area contributed by atoms with E-state index in [2.05, 4.69) is 28.9 Å². The molecule has 1 fully saturated rings. The molecule has 0 aromatic carbocycles. The van der Waals surface area contributed by atoms with Crippen LogP contribution in [0.4, 0.5) is 0 Å². The lowest BCUT2D eigenvalue weighted by atomic mass is 9.76. The van der Waals surface area contributed by atoms with Gasteiger partial charge < -0.3 is 9.26 Å². The first kappa shape index (κ1) is 16.9. The van der Waals surface area contributed by atoms with E-state index in [1.807, 2.05) is 20.8 Å². The molecule has 0 N–H and O–H groups in total. The van der Waals surface area contributed by atoms with E-state index in [0.29, 0.717) is 25.6 Å². The standard InChI is InChI=1S/C16H27N3O3/c1-6-21-15(20)16(12(4)5)7-8-19(10-16)9-13-17-14(11(2)3)18-22-13/h11-12H,6-10H2,1-5H3. The Kier molecular flexibility index (Phi) is 5.21. The van der Waals surface area contributed by atoms with Crippen LogP contribution in [0.3, 0.4) is 0 Å². The molecule has 1 aromatic heterocycles. The molecule has 1 aliphatic rings. The Morgan fingerprint density at radius 1 is 1.41 bits per heavy atom. The van der Waals surface area contributed by atoms with Gasteiger partial charge in [-0.15, -0.1) is 0 Å². The lowest BCUT2D eigenvalue weighted by molar-refractivity contribution is -0.157. The second-order valence-corrected chi connectivity index (χ2v) is 6.69. The summed E-state index contributed by atoms with van der Waals surface area (Å²) in [5, 5.41) is 3.99. The third-order valence-corrected chi connectivity index (χ3v) is 4.53. The van der Waals surface area contributed by atoms with Crippen molar-refractivity contribution in [2.45, 2.75) is 53.5 Å². The quantitative estimate of drug-likeness (QED) is 0.752. The van der Waals surface area contributed by atoms with Crippen LogP contribution in [0.2, 0.25) is 0 Å². The Morgan fingerprint density at radius 3 is 2.68 bits per heavy atom. The Morgan fingerprint density at radius 2 is 2.14 bits per heavy atom. The predicted octanol–water partition coefficient (Wildman–Crippen LogP) is 2.60. The smallest absolute Gasteiger partial charge is 0.313 e. The number of likely N-dealkylation sites (tertiary alicyclic amines) is 1. The summed E-state index contributed by atoms with van der Waals surface area (Å²) in [5.74, 6) is 1.76. The molecule has 1 saturated heterocycles. The van der Waals surface area contributed by atoms with Crippen molar-refractivity contribution in [2.24, 2.45) is 11.3 Å². The number of aromatic nitrogens is 2. The molecule has 2 rings (SSSR count). The first-order chi connectivity index (χ1) is 10.4. The number of ether oxygens (including phenoxy) is 1. The summed E-state index contributed by atoms with van der Waals surface area (Å²) in [6.45, 7) is 12.6. The van der Waals surface area contributed by atoms with Gasteiger partial charge in [-0.1, -0.05) is 32.9 Å². The van der Waals surface area contributed by atoms with Gasteiger partial charge in [-0.25, -0.2) is 0 Å². The number of hydrogen-bond acceptors (Lipinski definition) is 6. The van der Waals surface area contributed by atoms with Crippen LogP contribution in [0.1, 0.15) is 58.7 Å². The molecule has 2 heterocycles. The van der Waals surface area contributed by atoms with Crippen LogP contribution in [0.5, 0.6) is 0 Å². The van der Waals surface area contributed by atoms with Crippen molar-refractivity contribution >= 4 is 5.97 Å². The molecule has 124 valence electrons. The predicted molar refractivity (Wildman–Crippen MR) is 82.2 cm³/mol. The van der Waals surface area contributed by atoms with E-state index in [4.69, 9.17) is 9.26 Å². The number of hydrogen-bond donors (Lipinski definition) is 0. The lowest BCUT2D eigenvalue weighted by Gasteiger charge is -2.30. The van der Waals surface area contributed by atoms with Gasteiger partial charge in [0.2, 0.25) is 5.89 Å². The maximum absolute atomic E-state index is 12.4. The normalized spacial score (nSPS) is 22.7. The highest BCUT2D eigenvalue weighted by atomic mass is 16.5. The van der Waals surface area contributed by atoms with Crippen LogP contribution in [-0.4, -0.2) is 40.7 Å². The van der Waals surface area contributed by atoms with Crippen molar-refractivity contribution in [1.82, 2.24) is 15.0 Å². The Bertz CT molecular complexity index is 512. The average molecular weight is 309 g/mol. The zero-order chi connectivity index (χ0) is 16.3. The van der Waals surface area contributed by atoms with Gasteiger partial charge in [0.25, 0.3) is 0 Å².